The fourth-order valence-corrected chi connectivity index (χ4v) is 3.73. The van der Waals surface area contributed by atoms with Crippen LogP contribution in [0.25, 0.3) is 0 Å². The summed E-state index contributed by atoms with van der Waals surface area (Å²) in [5.41, 5.74) is 2.06. The van der Waals surface area contributed by atoms with Gasteiger partial charge in [-0.25, -0.2) is 0 Å². The second-order valence-corrected chi connectivity index (χ2v) is 6.68. The average molecular weight is 286 g/mol. The van der Waals surface area contributed by atoms with Gasteiger partial charge in [-0.15, -0.1) is 0 Å². The van der Waals surface area contributed by atoms with Crippen LogP contribution < -0.4 is 0 Å². The van der Waals surface area contributed by atoms with Gasteiger partial charge in [-0.1, -0.05) is 29.8 Å². The van der Waals surface area contributed by atoms with Gasteiger partial charge in [-0.05, 0) is 39.8 Å². The highest BCUT2D eigenvalue weighted by Gasteiger charge is 2.34. The molecule has 2 saturated heterocycles. The molecule has 1 aromatic carbocycles. The molecule has 2 heterocycles. The Morgan fingerprint density at radius 3 is 2.62 bits per heavy atom. The van der Waals surface area contributed by atoms with E-state index in [1.807, 2.05) is 24.3 Å². The average Bonchev–Trinajstić information content (AvgIpc) is 2.72. The summed E-state index contributed by atoms with van der Waals surface area (Å²) in [6.45, 7) is 5.24. The largest absolute Gasteiger partial charge is 0.301 e. The summed E-state index contributed by atoms with van der Waals surface area (Å²) < 4.78 is 0. The first-order valence-electron chi connectivity index (χ1n) is 8.17. The summed E-state index contributed by atoms with van der Waals surface area (Å²) in [6, 6.07) is 9.42. The van der Waals surface area contributed by atoms with Crippen molar-refractivity contribution in [2.24, 2.45) is 0 Å². The summed E-state index contributed by atoms with van der Waals surface area (Å²) >= 11 is 0. The first-order valence-corrected chi connectivity index (χ1v) is 8.17. The first kappa shape index (κ1) is 14.7. The van der Waals surface area contributed by atoms with Gasteiger partial charge >= 0.3 is 0 Å². The molecule has 2 atom stereocenters. The van der Waals surface area contributed by atoms with E-state index in [2.05, 4.69) is 23.8 Å². The highest BCUT2D eigenvalue weighted by Crippen LogP contribution is 2.28. The van der Waals surface area contributed by atoms with Crippen molar-refractivity contribution in [2.75, 3.05) is 26.7 Å². The van der Waals surface area contributed by atoms with Gasteiger partial charge in [-0.3, -0.25) is 9.69 Å². The van der Waals surface area contributed by atoms with Crippen molar-refractivity contribution in [2.45, 2.75) is 44.7 Å². The van der Waals surface area contributed by atoms with Crippen molar-refractivity contribution in [1.82, 2.24) is 9.80 Å². The van der Waals surface area contributed by atoms with Crippen LogP contribution in [-0.2, 0) is 0 Å². The Labute approximate surface area is 127 Å². The number of benzene rings is 1. The number of carbonyl (C=O) groups excluding carboxylic acids is 1. The maximum Gasteiger partial charge on any atom is 0.164 e. The predicted molar refractivity (Wildman–Crippen MR) is 85.8 cm³/mol. The highest BCUT2D eigenvalue weighted by atomic mass is 16.1. The zero-order valence-corrected chi connectivity index (χ0v) is 13.2. The molecule has 0 aliphatic carbocycles. The predicted octanol–water partition coefficient (Wildman–Crippen LogP) is 2.74. The van der Waals surface area contributed by atoms with E-state index in [4.69, 9.17) is 0 Å². The van der Waals surface area contributed by atoms with Crippen molar-refractivity contribution in [3.05, 3.63) is 35.4 Å². The van der Waals surface area contributed by atoms with Crippen molar-refractivity contribution >= 4 is 5.78 Å². The molecule has 2 fully saturated rings. The van der Waals surface area contributed by atoms with Gasteiger partial charge in [-0.2, -0.15) is 0 Å². The first-order chi connectivity index (χ1) is 10.1. The van der Waals surface area contributed by atoms with Gasteiger partial charge in [0.2, 0.25) is 0 Å². The lowest BCUT2D eigenvalue weighted by atomic mass is 10.1. The fraction of sp³-hybridized carbons (Fsp3) is 0.611. The van der Waals surface area contributed by atoms with E-state index >= 15 is 0 Å². The molecule has 1 aromatic rings. The summed E-state index contributed by atoms with van der Waals surface area (Å²) in [5, 5.41) is 0. The van der Waals surface area contributed by atoms with Gasteiger partial charge in [0, 0.05) is 37.2 Å². The van der Waals surface area contributed by atoms with E-state index < -0.39 is 0 Å². The number of likely N-dealkylation sites (N-methyl/N-ethyl adjacent to an activating group) is 1. The minimum absolute atomic E-state index is 0.276. The molecule has 3 rings (SSSR count). The molecule has 114 valence electrons. The minimum Gasteiger partial charge on any atom is -0.301 e. The Morgan fingerprint density at radius 2 is 1.86 bits per heavy atom. The van der Waals surface area contributed by atoms with Crippen LogP contribution in [0, 0.1) is 6.92 Å². The number of aryl methyl sites for hydroxylation is 1. The molecule has 0 spiro atoms. The number of likely N-dealkylation sites (tertiary alicyclic amines) is 1. The number of carbonyl (C=O) groups is 1. The topological polar surface area (TPSA) is 23.6 Å². The van der Waals surface area contributed by atoms with Crippen LogP contribution in [0.5, 0.6) is 0 Å². The van der Waals surface area contributed by atoms with Crippen molar-refractivity contribution in [3.63, 3.8) is 0 Å². The quantitative estimate of drug-likeness (QED) is 0.795. The van der Waals surface area contributed by atoms with Crippen LogP contribution in [0.2, 0.25) is 0 Å². The lowest BCUT2D eigenvalue weighted by molar-refractivity contribution is 0.0961. The Hall–Kier alpha value is -1.19. The number of ketones is 1. The number of nitrogens with zero attached hydrogens (tertiary/aromatic N) is 2. The van der Waals surface area contributed by atoms with E-state index in [1.165, 1.54) is 24.8 Å². The van der Waals surface area contributed by atoms with Crippen LogP contribution in [-0.4, -0.2) is 54.3 Å². The van der Waals surface area contributed by atoms with Gasteiger partial charge in [0.05, 0.1) is 0 Å². The van der Waals surface area contributed by atoms with Crippen LogP contribution in [0.1, 0.15) is 41.6 Å². The Morgan fingerprint density at radius 1 is 1.14 bits per heavy atom. The molecule has 3 heteroatoms. The lowest BCUT2D eigenvalue weighted by Gasteiger charge is -2.25. The molecule has 0 N–H and O–H groups in total. The Kier molecular flexibility index (Phi) is 4.41. The minimum atomic E-state index is 0.276. The standard InChI is InChI=1S/C18H26N2O/c1-14-3-5-15(6-4-14)18(21)10-12-20-11-9-16-7-8-17(13-20)19(16)2/h3-6,16-17H,7-13H2,1-2H3. The van der Waals surface area contributed by atoms with Crippen LogP contribution in [0.4, 0.5) is 0 Å². The number of hydrogen-bond acceptors (Lipinski definition) is 3. The molecule has 2 aliphatic rings. The third-order valence-corrected chi connectivity index (χ3v) is 5.26. The van der Waals surface area contributed by atoms with Gasteiger partial charge in [0.15, 0.2) is 5.78 Å². The maximum atomic E-state index is 12.3. The monoisotopic (exact) mass is 286 g/mol. The smallest absolute Gasteiger partial charge is 0.164 e. The molecule has 2 unspecified atom stereocenters. The van der Waals surface area contributed by atoms with Crippen molar-refractivity contribution < 1.29 is 4.79 Å². The van der Waals surface area contributed by atoms with Crippen LogP contribution in [0.15, 0.2) is 24.3 Å². The number of hydrogen-bond donors (Lipinski definition) is 0. The maximum absolute atomic E-state index is 12.3. The summed E-state index contributed by atoms with van der Waals surface area (Å²) in [7, 11) is 2.27. The van der Waals surface area contributed by atoms with Crippen molar-refractivity contribution in [3.8, 4) is 0 Å². The molecule has 2 aliphatic heterocycles. The number of rotatable bonds is 4. The van der Waals surface area contributed by atoms with E-state index in [1.54, 1.807) is 0 Å². The number of fused-ring (bicyclic) bond motifs is 2. The molecular formula is C18H26N2O. The zero-order valence-electron chi connectivity index (χ0n) is 13.2. The van der Waals surface area contributed by atoms with Gasteiger partial charge in [0.25, 0.3) is 0 Å². The molecule has 0 saturated carbocycles. The molecule has 3 nitrogen and oxygen atoms in total. The van der Waals surface area contributed by atoms with Gasteiger partial charge < -0.3 is 4.90 Å². The SMILES string of the molecule is Cc1ccc(C(=O)CCN2CCC3CCC(C2)N3C)cc1. The van der Waals surface area contributed by atoms with E-state index in [0.717, 1.165) is 31.2 Å². The normalized spacial score (nSPS) is 26.8. The summed E-state index contributed by atoms with van der Waals surface area (Å²) in [6.07, 6.45) is 4.58. The lowest BCUT2D eigenvalue weighted by Crippen LogP contribution is -2.37. The second kappa shape index (κ2) is 6.29. The van der Waals surface area contributed by atoms with Crippen molar-refractivity contribution in [1.29, 1.82) is 0 Å². The van der Waals surface area contributed by atoms with Crippen LogP contribution in [0.3, 0.4) is 0 Å². The molecular weight excluding hydrogens is 260 g/mol. The van der Waals surface area contributed by atoms with E-state index in [9.17, 15) is 4.79 Å². The third-order valence-electron chi connectivity index (χ3n) is 5.26. The highest BCUT2D eigenvalue weighted by molar-refractivity contribution is 5.96. The molecule has 21 heavy (non-hydrogen) atoms. The second-order valence-electron chi connectivity index (χ2n) is 6.68. The Bertz CT molecular complexity index is 496. The molecule has 0 radical (unpaired) electrons. The van der Waals surface area contributed by atoms with E-state index in [-0.39, 0.29) is 5.78 Å². The molecule has 0 aromatic heterocycles. The molecule has 2 bridgehead atoms. The Balaban J connectivity index is 1.53. The fourth-order valence-electron chi connectivity index (χ4n) is 3.73. The molecule has 0 amide bonds. The summed E-state index contributed by atoms with van der Waals surface area (Å²) in [5.74, 6) is 0.276. The summed E-state index contributed by atoms with van der Waals surface area (Å²) in [4.78, 5) is 17.3. The third kappa shape index (κ3) is 3.35. The van der Waals surface area contributed by atoms with Crippen LogP contribution >= 0.6 is 0 Å². The number of Topliss-reactive ketones (excluding diaryl/α,β-unsaturated/α-hetero) is 1. The zero-order chi connectivity index (χ0) is 14.8. The van der Waals surface area contributed by atoms with Gasteiger partial charge in [0.1, 0.15) is 0 Å². The van der Waals surface area contributed by atoms with E-state index in [0.29, 0.717) is 12.5 Å².